The van der Waals surface area contributed by atoms with E-state index in [1.165, 1.54) is 6.42 Å². The first kappa shape index (κ1) is 8.72. The van der Waals surface area contributed by atoms with Crippen LogP contribution < -0.4 is 5.32 Å². The molecule has 1 rings (SSSR count). The molecular weight excluding hydrogens is 138 g/mol. The predicted octanol–water partition coefficient (Wildman–Crippen LogP) is 1.35. The fourth-order valence-electron chi connectivity index (χ4n) is 1.18. The molecule has 0 unspecified atom stereocenters. The molecule has 2 nitrogen and oxygen atoms in total. The lowest BCUT2D eigenvalue weighted by atomic mass is 9.82. The van der Waals surface area contributed by atoms with Gasteiger partial charge in [-0.05, 0) is 12.8 Å². The summed E-state index contributed by atoms with van der Waals surface area (Å²) in [5.74, 6) is 0.797. The second-order valence-corrected chi connectivity index (χ2v) is 3.63. The first-order valence-corrected chi connectivity index (χ1v) is 4.46. The van der Waals surface area contributed by atoms with Crippen LogP contribution in [0.2, 0.25) is 0 Å². The van der Waals surface area contributed by atoms with Crippen LogP contribution >= 0.6 is 0 Å². The van der Waals surface area contributed by atoms with Gasteiger partial charge in [0.1, 0.15) is 5.78 Å². The number of carbonyl (C=O) groups is 1. The molecule has 11 heavy (non-hydrogen) atoms. The van der Waals surface area contributed by atoms with Crippen LogP contribution in [0.25, 0.3) is 0 Å². The summed E-state index contributed by atoms with van der Waals surface area (Å²) in [7, 11) is 0. The standard InChI is InChI=1S/C9H17NO/c1-7(2)10-6-9(11)8-4-3-5-8/h7-8,10H,3-6H2,1-2H3. The van der Waals surface area contributed by atoms with Crippen molar-refractivity contribution in [3.8, 4) is 0 Å². The largest absolute Gasteiger partial charge is 0.308 e. The Labute approximate surface area is 68.4 Å². The lowest BCUT2D eigenvalue weighted by Gasteiger charge is -2.24. The quantitative estimate of drug-likeness (QED) is 0.664. The number of ketones is 1. The second-order valence-electron chi connectivity index (χ2n) is 3.63. The molecule has 64 valence electrons. The van der Waals surface area contributed by atoms with E-state index in [9.17, 15) is 4.79 Å². The van der Waals surface area contributed by atoms with Gasteiger partial charge in [-0.2, -0.15) is 0 Å². The normalized spacial score (nSPS) is 18.5. The van der Waals surface area contributed by atoms with Crippen molar-refractivity contribution in [1.82, 2.24) is 5.32 Å². The van der Waals surface area contributed by atoms with Crippen LogP contribution in [0.1, 0.15) is 33.1 Å². The summed E-state index contributed by atoms with van der Waals surface area (Å²) in [6.45, 7) is 4.70. The fourth-order valence-corrected chi connectivity index (χ4v) is 1.18. The van der Waals surface area contributed by atoms with Gasteiger partial charge in [0, 0.05) is 12.0 Å². The van der Waals surface area contributed by atoms with E-state index in [-0.39, 0.29) is 0 Å². The Morgan fingerprint density at radius 1 is 1.55 bits per heavy atom. The first-order valence-electron chi connectivity index (χ1n) is 4.46. The third-order valence-electron chi connectivity index (χ3n) is 2.25. The van der Waals surface area contributed by atoms with Gasteiger partial charge in [0.2, 0.25) is 0 Å². The van der Waals surface area contributed by atoms with E-state index in [2.05, 4.69) is 19.2 Å². The Hall–Kier alpha value is -0.370. The van der Waals surface area contributed by atoms with E-state index >= 15 is 0 Å². The van der Waals surface area contributed by atoms with Crippen molar-refractivity contribution < 1.29 is 4.79 Å². The first-order chi connectivity index (χ1) is 5.20. The summed E-state index contributed by atoms with van der Waals surface area (Å²) in [6.07, 6.45) is 3.50. The molecule has 0 radical (unpaired) electrons. The molecular formula is C9H17NO. The number of hydrogen-bond donors (Lipinski definition) is 1. The molecule has 0 amide bonds. The molecule has 0 saturated heterocycles. The molecule has 1 fully saturated rings. The molecule has 0 aromatic carbocycles. The van der Waals surface area contributed by atoms with Crippen LogP contribution in [0.15, 0.2) is 0 Å². The summed E-state index contributed by atoms with van der Waals surface area (Å²) < 4.78 is 0. The van der Waals surface area contributed by atoms with Crippen molar-refractivity contribution in [3.63, 3.8) is 0 Å². The maximum atomic E-state index is 11.3. The molecule has 1 saturated carbocycles. The lowest BCUT2D eigenvalue weighted by molar-refractivity contribution is -0.124. The smallest absolute Gasteiger partial charge is 0.149 e. The highest BCUT2D eigenvalue weighted by Crippen LogP contribution is 2.26. The monoisotopic (exact) mass is 155 g/mol. The Bertz CT molecular complexity index is 138. The van der Waals surface area contributed by atoms with E-state index in [4.69, 9.17) is 0 Å². The minimum Gasteiger partial charge on any atom is -0.308 e. The average molecular weight is 155 g/mol. The van der Waals surface area contributed by atoms with Gasteiger partial charge in [0.15, 0.2) is 0 Å². The molecule has 1 aliphatic carbocycles. The molecule has 0 atom stereocenters. The van der Waals surface area contributed by atoms with Gasteiger partial charge in [-0.15, -0.1) is 0 Å². The highest BCUT2D eigenvalue weighted by molar-refractivity contribution is 5.83. The van der Waals surface area contributed by atoms with E-state index in [0.29, 0.717) is 24.3 Å². The van der Waals surface area contributed by atoms with Crippen LogP contribution in [0.4, 0.5) is 0 Å². The summed E-state index contributed by atoms with van der Waals surface area (Å²) >= 11 is 0. The van der Waals surface area contributed by atoms with E-state index in [1.54, 1.807) is 0 Å². The van der Waals surface area contributed by atoms with Gasteiger partial charge in [-0.1, -0.05) is 20.3 Å². The molecule has 0 spiro atoms. The van der Waals surface area contributed by atoms with Gasteiger partial charge in [0.05, 0.1) is 6.54 Å². The Kier molecular flexibility index (Phi) is 3.06. The second kappa shape index (κ2) is 3.86. The van der Waals surface area contributed by atoms with Crippen molar-refractivity contribution in [3.05, 3.63) is 0 Å². The molecule has 0 bridgehead atoms. The zero-order valence-corrected chi connectivity index (χ0v) is 7.39. The third-order valence-corrected chi connectivity index (χ3v) is 2.25. The molecule has 1 N–H and O–H groups in total. The zero-order valence-electron chi connectivity index (χ0n) is 7.39. The van der Waals surface area contributed by atoms with Gasteiger partial charge in [-0.3, -0.25) is 4.79 Å². The van der Waals surface area contributed by atoms with Crippen molar-refractivity contribution in [2.45, 2.75) is 39.2 Å². The van der Waals surface area contributed by atoms with Crippen LogP contribution in [0.3, 0.4) is 0 Å². The van der Waals surface area contributed by atoms with E-state index in [1.807, 2.05) is 0 Å². The number of carbonyl (C=O) groups excluding carboxylic acids is 1. The maximum absolute atomic E-state index is 11.3. The van der Waals surface area contributed by atoms with Gasteiger partial charge in [-0.25, -0.2) is 0 Å². The van der Waals surface area contributed by atoms with E-state index in [0.717, 1.165) is 12.8 Å². The lowest BCUT2D eigenvalue weighted by Crippen LogP contribution is -2.35. The SMILES string of the molecule is CC(C)NCC(=O)C1CCC1. The average Bonchev–Trinajstić information content (AvgIpc) is 1.79. The van der Waals surface area contributed by atoms with Crippen LogP contribution in [0, 0.1) is 5.92 Å². The van der Waals surface area contributed by atoms with Crippen LogP contribution in [-0.4, -0.2) is 18.4 Å². The van der Waals surface area contributed by atoms with Crippen molar-refractivity contribution in [2.24, 2.45) is 5.92 Å². The number of Topliss-reactive ketones (excluding diaryl/α,β-unsaturated/α-hetero) is 1. The Morgan fingerprint density at radius 2 is 2.18 bits per heavy atom. The van der Waals surface area contributed by atoms with Crippen LogP contribution in [0.5, 0.6) is 0 Å². The number of nitrogens with one attached hydrogen (secondary N) is 1. The molecule has 2 heteroatoms. The molecule has 0 aliphatic heterocycles. The van der Waals surface area contributed by atoms with Gasteiger partial charge < -0.3 is 5.32 Å². The molecule has 1 aliphatic rings. The summed E-state index contributed by atoms with van der Waals surface area (Å²) in [4.78, 5) is 11.3. The highest BCUT2D eigenvalue weighted by Gasteiger charge is 2.24. The third kappa shape index (κ3) is 2.62. The zero-order chi connectivity index (χ0) is 8.27. The van der Waals surface area contributed by atoms with Crippen molar-refractivity contribution in [1.29, 1.82) is 0 Å². The van der Waals surface area contributed by atoms with Gasteiger partial charge >= 0.3 is 0 Å². The number of hydrogen-bond acceptors (Lipinski definition) is 2. The molecule has 0 aromatic rings. The Morgan fingerprint density at radius 3 is 2.55 bits per heavy atom. The van der Waals surface area contributed by atoms with Crippen molar-refractivity contribution in [2.75, 3.05) is 6.54 Å². The topological polar surface area (TPSA) is 29.1 Å². The summed E-state index contributed by atoms with van der Waals surface area (Å²) in [5.41, 5.74) is 0. The van der Waals surface area contributed by atoms with Gasteiger partial charge in [0.25, 0.3) is 0 Å². The fraction of sp³-hybridized carbons (Fsp3) is 0.889. The van der Waals surface area contributed by atoms with Crippen molar-refractivity contribution >= 4 is 5.78 Å². The molecule has 0 heterocycles. The maximum Gasteiger partial charge on any atom is 0.149 e. The highest BCUT2D eigenvalue weighted by atomic mass is 16.1. The summed E-state index contributed by atoms with van der Waals surface area (Å²) in [5, 5.41) is 3.14. The van der Waals surface area contributed by atoms with Crippen LogP contribution in [-0.2, 0) is 4.79 Å². The Balaban J connectivity index is 2.10. The minimum atomic E-state index is 0.390. The summed E-state index contributed by atoms with van der Waals surface area (Å²) in [6, 6.07) is 0.430. The van der Waals surface area contributed by atoms with E-state index < -0.39 is 0 Å². The molecule has 0 aromatic heterocycles. The minimum absolute atomic E-state index is 0.390. The number of rotatable bonds is 4. The predicted molar refractivity (Wildman–Crippen MR) is 45.5 cm³/mol.